The molecule has 2 aromatic heterocycles. The number of aromatic nitrogens is 1. The molecule has 0 spiro atoms. The van der Waals surface area contributed by atoms with Gasteiger partial charge in [-0.1, -0.05) is 34.1 Å². The molecule has 0 bridgehead atoms. The summed E-state index contributed by atoms with van der Waals surface area (Å²) in [4.78, 5) is 2.30. The van der Waals surface area contributed by atoms with E-state index in [-0.39, 0.29) is 0 Å². The highest BCUT2D eigenvalue weighted by atomic mass is 79.9. The van der Waals surface area contributed by atoms with E-state index in [1.165, 1.54) is 0 Å². The first-order chi connectivity index (χ1) is 11.2. The van der Waals surface area contributed by atoms with Crippen LogP contribution in [-0.4, -0.2) is 17.5 Å². The first-order valence-corrected chi connectivity index (χ1v) is 8.54. The molecule has 0 unspecified atom stereocenters. The van der Waals surface area contributed by atoms with Crippen molar-refractivity contribution in [3.8, 4) is 17.2 Å². The number of hydrogen-bond donors (Lipinski definition) is 0. The van der Waals surface area contributed by atoms with E-state index in [2.05, 4.69) is 57.3 Å². The van der Waals surface area contributed by atoms with Crippen LogP contribution in [0.5, 0.6) is 0 Å². The van der Waals surface area contributed by atoms with Crippen LogP contribution in [-0.2, 0) is 0 Å². The number of halogens is 1. The monoisotopic (exact) mass is 367 g/mol. The molecule has 0 saturated heterocycles. The molecule has 2 heterocycles. The van der Waals surface area contributed by atoms with Crippen molar-refractivity contribution >= 4 is 27.3 Å². The Morgan fingerprint density at radius 1 is 1.09 bits per heavy atom. The maximum atomic E-state index is 9.78. The predicted molar refractivity (Wildman–Crippen MR) is 98.8 cm³/mol. The summed E-state index contributed by atoms with van der Waals surface area (Å²) in [6, 6.07) is 16.6. The molecular formula is C19H18BrN3. The van der Waals surface area contributed by atoms with Crippen molar-refractivity contribution in [1.29, 1.82) is 5.26 Å². The molecule has 4 heteroatoms. The number of rotatable bonds is 4. The molecule has 23 heavy (non-hydrogen) atoms. The average Bonchev–Trinajstić information content (AvgIpc) is 2.91. The molecule has 3 rings (SSSR count). The lowest BCUT2D eigenvalue weighted by Gasteiger charge is -2.23. The highest BCUT2D eigenvalue weighted by Gasteiger charge is 2.22. The van der Waals surface area contributed by atoms with Gasteiger partial charge in [-0.2, -0.15) is 5.26 Å². The van der Waals surface area contributed by atoms with Crippen LogP contribution in [0.4, 0.5) is 5.82 Å². The molecule has 0 atom stereocenters. The van der Waals surface area contributed by atoms with E-state index in [0.717, 1.165) is 45.6 Å². The van der Waals surface area contributed by atoms with E-state index in [9.17, 15) is 5.26 Å². The lowest BCUT2D eigenvalue weighted by molar-refractivity contribution is 0.840. The lowest BCUT2D eigenvalue weighted by atomic mass is 10.0. The van der Waals surface area contributed by atoms with Gasteiger partial charge in [-0.25, -0.2) is 0 Å². The third kappa shape index (κ3) is 2.62. The first kappa shape index (κ1) is 15.6. The smallest absolute Gasteiger partial charge is 0.122 e. The van der Waals surface area contributed by atoms with E-state index in [0.29, 0.717) is 0 Å². The quantitative estimate of drug-likeness (QED) is 0.643. The Bertz CT molecular complexity index is 868. The molecule has 0 aliphatic rings. The number of anilines is 1. The molecule has 0 amide bonds. The lowest BCUT2D eigenvalue weighted by Crippen LogP contribution is -2.23. The normalized spacial score (nSPS) is 10.7. The first-order valence-electron chi connectivity index (χ1n) is 7.75. The second kappa shape index (κ2) is 6.47. The van der Waals surface area contributed by atoms with Gasteiger partial charge in [0.2, 0.25) is 0 Å². The molecule has 3 aromatic rings. The molecule has 0 N–H and O–H groups in total. The summed E-state index contributed by atoms with van der Waals surface area (Å²) < 4.78 is 3.16. The molecule has 0 radical (unpaired) electrons. The zero-order valence-electron chi connectivity index (χ0n) is 13.3. The Balaban J connectivity index is 2.40. The van der Waals surface area contributed by atoms with Gasteiger partial charge in [0.05, 0.1) is 11.1 Å². The molecule has 3 nitrogen and oxygen atoms in total. The number of benzene rings is 1. The second-order valence-electron chi connectivity index (χ2n) is 5.32. The number of nitriles is 1. The maximum absolute atomic E-state index is 9.78. The van der Waals surface area contributed by atoms with E-state index < -0.39 is 0 Å². The summed E-state index contributed by atoms with van der Waals surface area (Å²) in [7, 11) is 0. The molecule has 0 saturated carbocycles. The Hall–Kier alpha value is -2.25. The van der Waals surface area contributed by atoms with E-state index >= 15 is 0 Å². The van der Waals surface area contributed by atoms with Crippen LogP contribution in [0, 0.1) is 11.3 Å². The van der Waals surface area contributed by atoms with Crippen LogP contribution in [0.25, 0.3) is 16.6 Å². The topological polar surface area (TPSA) is 31.4 Å². The predicted octanol–water partition coefficient (Wildman–Crippen LogP) is 5.09. The summed E-state index contributed by atoms with van der Waals surface area (Å²) in [6.07, 6.45) is 2.03. The average molecular weight is 368 g/mol. The molecular weight excluding hydrogens is 350 g/mol. The Morgan fingerprint density at radius 2 is 1.78 bits per heavy atom. The van der Waals surface area contributed by atoms with Gasteiger partial charge in [0, 0.05) is 29.3 Å². The standard InChI is InChI=1S/C19H18BrN3/c1-3-22(4-2)19-18(14-8-10-15(20)11-9-14)16(13-21)17-7-5-6-12-23(17)19/h5-12H,3-4H2,1-2H3. The van der Waals surface area contributed by atoms with Gasteiger partial charge in [0.1, 0.15) is 11.9 Å². The fourth-order valence-corrected chi connectivity index (χ4v) is 3.29. The zero-order chi connectivity index (χ0) is 16.4. The van der Waals surface area contributed by atoms with Crippen molar-refractivity contribution in [1.82, 2.24) is 4.40 Å². The summed E-state index contributed by atoms with van der Waals surface area (Å²) in [5.74, 6) is 1.09. The van der Waals surface area contributed by atoms with E-state index in [1.807, 2.05) is 36.5 Å². The summed E-state index contributed by atoms with van der Waals surface area (Å²) in [6.45, 7) is 6.07. The Kier molecular flexibility index (Phi) is 4.40. The summed E-state index contributed by atoms with van der Waals surface area (Å²) in [5.41, 5.74) is 3.76. The highest BCUT2D eigenvalue weighted by Crippen LogP contribution is 2.38. The van der Waals surface area contributed by atoms with Gasteiger partial charge in [-0.3, -0.25) is 0 Å². The minimum absolute atomic E-state index is 0.731. The largest absolute Gasteiger partial charge is 0.358 e. The van der Waals surface area contributed by atoms with Gasteiger partial charge in [0.25, 0.3) is 0 Å². The fraction of sp³-hybridized carbons (Fsp3) is 0.211. The maximum Gasteiger partial charge on any atom is 0.122 e. The molecule has 0 fully saturated rings. The fourth-order valence-electron chi connectivity index (χ4n) is 3.03. The van der Waals surface area contributed by atoms with Gasteiger partial charge in [0.15, 0.2) is 0 Å². The minimum Gasteiger partial charge on any atom is -0.358 e. The molecule has 116 valence electrons. The van der Waals surface area contributed by atoms with Crippen LogP contribution in [0.15, 0.2) is 53.1 Å². The van der Waals surface area contributed by atoms with Crippen molar-refractivity contribution in [3.63, 3.8) is 0 Å². The van der Waals surface area contributed by atoms with Gasteiger partial charge in [-0.15, -0.1) is 0 Å². The summed E-state index contributed by atoms with van der Waals surface area (Å²) >= 11 is 3.48. The zero-order valence-corrected chi connectivity index (χ0v) is 14.8. The van der Waals surface area contributed by atoms with Crippen LogP contribution in [0.1, 0.15) is 19.4 Å². The molecule has 0 aliphatic carbocycles. The number of hydrogen-bond acceptors (Lipinski definition) is 2. The Morgan fingerprint density at radius 3 is 2.39 bits per heavy atom. The third-order valence-electron chi connectivity index (χ3n) is 4.13. The van der Waals surface area contributed by atoms with Gasteiger partial charge in [-0.05, 0) is 43.7 Å². The van der Waals surface area contributed by atoms with Crippen molar-refractivity contribution in [2.45, 2.75) is 13.8 Å². The SMILES string of the molecule is CCN(CC)c1c(-c2ccc(Br)cc2)c(C#N)c2ccccn12. The third-order valence-corrected chi connectivity index (χ3v) is 4.65. The van der Waals surface area contributed by atoms with Crippen LogP contribution < -0.4 is 4.90 Å². The number of nitrogens with zero attached hydrogens (tertiary/aromatic N) is 3. The Labute approximate surface area is 144 Å². The van der Waals surface area contributed by atoms with Crippen LogP contribution in [0.3, 0.4) is 0 Å². The van der Waals surface area contributed by atoms with E-state index in [4.69, 9.17) is 0 Å². The van der Waals surface area contributed by atoms with Crippen molar-refractivity contribution in [2.75, 3.05) is 18.0 Å². The van der Waals surface area contributed by atoms with Crippen molar-refractivity contribution in [3.05, 3.63) is 58.7 Å². The van der Waals surface area contributed by atoms with E-state index in [1.54, 1.807) is 0 Å². The minimum atomic E-state index is 0.731. The van der Waals surface area contributed by atoms with Crippen LogP contribution in [0.2, 0.25) is 0 Å². The highest BCUT2D eigenvalue weighted by molar-refractivity contribution is 9.10. The molecule has 0 aliphatic heterocycles. The molecule has 1 aromatic carbocycles. The van der Waals surface area contributed by atoms with Crippen molar-refractivity contribution in [2.24, 2.45) is 0 Å². The van der Waals surface area contributed by atoms with Crippen LogP contribution >= 0.6 is 15.9 Å². The number of pyridine rings is 1. The number of fused-ring (bicyclic) bond motifs is 1. The van der Waals surface area contributed by atoms with Gasteiger partial charge < -0.3 is 9.30 Å². The van der Waals surface area contributed by atoms with Gasteiger partial charge >= 0.3 is 0 Å². The second-order valence-corrected chi connectivity index (χ2v) is 6.24. The summed E-state index contributed by atoms with van der Waals surface area (Å²) in [5, 5.41) is 9.78. The van der Waals surface area contributed by atoms with Crippen molar-refractivity contribution < 1.29 is 0 Å².